The summed E-state index contributed by atoms with van der Waals surface area (Å²) in [4.78, 5) is 2.42. The van der Waals surface area contributed by atoms with Gasteiger partial charge in [-0.15, -0.1) is 0 Å². The molecular weight excluding hydrogens is 354 g/mol. The minimum Gasteiger partial charge on any atom is -0.363 e. The lowest BCUT2D eigenvalue weighted by atomic mass is 9.99. The van der Waals surface area contributed by atoms with Crippen LogP contribution >= 0.6 is 12.2 Å². The molecule has 0 radical (unpaired) electrons. The molecule has 1 N–H and O–H groups in total. The standard InChI is InChI=1S/C18H29N3O2S2/c1-4-10-19-18(24)20-11-13-21(14-12-20)25(22,23)17-8-6-16(7-9-17)15(3)5-2/h6-9,15H,4-5,10-14H2,1-3H3,(H,19,24)/t15-/m0/s1. The Morgan fingerprint density at radius 3 is 2.28 bits per heavy atom. The summed E-state index contributed by atoms with van der Waals surface area (Å²) in [6.45, 7) is 9.39. The van der Waals surface area contributed by atoms with Crippen molar-refractivity contribution in [3.63, 3.8) is 0 Å². The Morgan fingerprint density at radius 2 is 1.76 bits per heavy atom. The van der Waals surface area contributed by atoms with E-state index in [-0.39, 0.29) is 0 Å². The Bertz CT molecular complexity index is 666. The molecule has 1 fully saturated rings. The van der Waals surface area contributed by atoms with E-state index < -0.39 is 10.0 Å². The van der Waals surface area contributed by atoms with Gasteiger partial charge in [0.05, 0.1) is 4.90 Å². The first-order chi connectivity index (χ1) is 11.9. The predicted octanol–water partition coefficient (Wildman–Crippen LogP) is 2.79. The van der Waals surface area contributed by atoms with Gasteiger partial charge in [0.25, 0.3) is 0 Å². The lowest BCUT2D eigenvalue weighted by Gasteiger charge is -2.35. The van der Waals surface area contributed by atoms with Crippen LogP contribution in [0.5, 0.6) is 0 Å². The van der Waals surface area contributed by atoms with Gasteiger partial charge in [-0.3, -0.25) is 0 Å². The van der Waals surface area contributed by atoms with Crippen molar-refractivity contribution in [3.05, 3.63) is 29.8 Å². The summed E-state index contributed by atoms with van der Waals surface area (Å²) in [5.74, 6) is 0.442. The van der Waals surface area contributed by atoms with Crippen LogP contribution in [0, 0.1) is 0 Å². The third-order valence-electron chi connectivity index (χ3n) is 4.75. The number of sulfonamides is 1. The van der Waals surface area contributed by atoms with Crippen molar-refractivity contribution in [1.82, 2.24) is 14.5 Å². The van der Waals surface area contributed by atoms with Crippen LogP contribution in [0.2, 0.25) is 0 Å². The monoisotopic (exact) mass is 383 g/mol. The van der Waals surface area contributed by atoms with Gasteiger partial charge in [0.2, 0.25) is 10.0 Å². The second kappa shape index (κ2) is 8.96. The van der Waals surface area contributed by atoms with Crippen molar-refractivity contribution >= 4 is 27.4 Å². The summed E-state index contributed by atoms with van der Waals surface area (Å²) in [5, 5.41) is 3.92. The van der Waals surface area contributed by atoms with Crippen molar-refractivity contribution in [2.24, 2.45) is 0 Å². The molecule has 1 aromatic carbocycles. The molecule has 0 amide bonds. The highest BCUT2D eigenvalue weighted by Crippen LogP contribution is 2.23. The van der Waals surface area contributed by atoms with Gasteiger partial charge in [0.1, 0.15) is 0 Å². The normalized spacial score (nSPS) is 17.3. The highest BCUT2D eigenvalue weighted by atomic mass is 32.2. The van der Waals surface area contributed by atoms with E-state index in [0.717, 1.165) is 24.5 Å². The summed E-state index contributed by atoms with van der Waals surface area (Å²) >= 11 is 5.36. The number of rotatable bonds is 6. The van der Waals surface area contributed by atoms with E-state index in [9.17, 15) is 8.42 Å². The Hall–Kier alpha value is -1.18. The number of hydrogen-bond donors (Lipinski definition) is 1. The summed E-state index contributed by atoms with van der Waals surface area (Å²) in [7, 11) is -3.43. The molecule has 1 saturated heterocycles. The molecule has 0 unspecified atom stereocenters. The van der Waals surface area contributed by atoms with Crippen LogP contribution in [0.1, 0.15) is 45.1 Å². The number of thiocarbonyl (C=S) groups is 1. The Kier molecular flexibility index (Phi) is 7.22. The molecular formula is C18H29N3O2S2. The Balaban J connectivity index is 2.00. The maximum absolute atomic E-state index is 12.8. The van der Waals surface area contributed by atoms with Crippen molar-refractivity contribution < 1.29 is 8.42 Å². The van der Waals surface area contributed by atoms with E-state index in [2.05, 4.69) is 26.1 Å². The van der Waals surface area contributed by atoms with Crippen molar-refractivity contribution in [3.8, 4) is 0 Å². The van der Waals surface area contributed by atoms with Gasteiger partial charge < -0.3 is 10.2 Å². The molecule has 7 heteroatoms. The highest BCUT2D eigenvalue weighted by Gasteiger charge is 2.29. The average molecular weight is 384 g/mol. The molecule has 0 aromatic heterocycles. The SMILES string of the molecule is CCCNC(=S)N1CCN(S(=O)(=O)c2ccc([C@@H](C)CC)cc2)CC1. The maximum Gasteiger partial charge on any atom is 0.243 e. The Morgan fingerprint density at radius 1 is 1.16 bits per heavy atom. The van der Waals surface area contributed by atoms with Crippen LogP contribution in [0.15, 0.2) is 29.2 Å². The lowest BCUT2D eigenvalue weighted by molar-refractivity contribution is 0.264. The second-order valence-corrected chi connectivity index (χ2v) is 8.83. The first-order valence-electron chi connectivity index (χ1n) is 9.03. The molecule has 1 heterocycles. The summed E-state index contributed by atoms with van der Waals surface area (Å²) in [5.41, 5.74) is 1.18. The van der Waals surface area contributed by atoms with Crippen LogP contribution in [-0.2, 0) is 10.0 Å². The quantitative estimate of drug-likeness (QED) is 0.766. The summed E-state index contributed by atoms with van der Waals surface area (Å²) in [6.07, 6.45) is 2.06. The number of nitrogens with one attached hydrogen (secondary N) is 1. The third kappa shape index (κ3) is 4.92. The average Bonchev–Trinajstić information content (AvgIpc) is 2.65. The minimum absolute atomic E-state index is 0.375. The number of benzene rings is 1. The molecule has 1 aromatic rings. The van der Waals surface area contributed by atoms with E-state index in [1.54, 1.807) is 16.4 Å². The molecule has 5 nitrogen and oxygen atoms in total. The minimum atomic E-state index is -3.43. The smallest absolute Gasteiger partial charge is 0.243 e. The van der Waals surface area contributed by atoms with Crippen LogP contribution in [0.25, 0.3) is 0 Å². The van der Waals surface area contributed by atoms with E-state index in [1.807, 2.05) is 17.0 Å². The van der Waals surface area contributed by atoms with Crippen LogP contribution < -0.4 is 5.32 Å². The first-order valence-corrected chi connectivity index (χ1v) is 10.9. The molecule has 0 saturated carbocycles. The number of nitrogens with zero attached hydrogens (tertiary/aromatic N) is 2. The number of hydrogen-bond acceptors (Lipinski definition) is 3. The van der Waals surface area contributed by atoms with Gasteiger partial charge in [0.15, 0.2) is 5.11 Å². The molecule has 140 valence electrons. The van der Waals surface area contributed by atoms with Gasteiger partial charge in [-0.2, -0.15) is 4.31 Å². The van der Waals surface area contributed by atoms with Gasteiger partial charge in [-0.25, -0.2) is 8.42 Å². The van der Waals surface area contributed by atoms with Gasteiger partial charge >= 0.3 is 0 Å². The zero-order valence-corrected chi connectivity index (χ0v) is 17.0. The molecule has 0 bridgehead atoms. The molecule has 25 heavy (non-hydrogen) atoms. The molecule has 1 aliphatic rings. The molecule has 2 rings (SSSR count). The predicted molar refractivity (Wildman–Crippen MR) is 106 cm³/mol. The summed E-state index contributed by atoms with van der Waals surface area (Å²) < 4.78 is 27.3. The molecule has 1 atom stereocenters. The van der Waals surface area contributed by atoms with Crippen LogP contribution in [0.4, 0.5) is 0 Å². The largest absolute Gasteiger partial charge is 0.363 e. The second-order valence-electron chi connectivity index (χ2n) is 6.50. The van der Waals surface area contributed by atoms with Crippen LogP contribution in [-0.4, -0.2) is 55.5 Å². The van der Waals surface area contributed by atoms with Gasteiger partial charge in [-0.1, -0.05) is 32.9 Å². The third-order valence-corrected chi connectivity index (χ3v) is 7.07. The van der Waals surface area contributed by atoms with E-state index in [0.29, 0.717) is 37.0 Å². The van der Waals surface area contributed by atoms with Crippen molar-refractivity contribution in [2.45, 2.75) is 44.4 Å². The molecule has 0 aliphatic carbocycles. The van der Waals surface area contributed by atoms with Crippen molar-refractivity contribution in [1.29, 1.82) is 0 Å². The van der Waals surface area contributed by atoms with E-state index >= 15 is 0 Å². The zero-order chi connectivity index (χ0) is 18.4. The zero-order valence-electron chi connectivity index (χ0n) is 15.4. The Labute approximate surface area is 157 Å². The highest BCUT2D eigenvalue weighted by molar-refractivity contribution is 7.89. The van der Waals surface area contributed by atoms with Crippen LogP contribution in [0.3, 0.4) is 0 Å². The molecule has 1 aliphatic heterocycles. The van der Waals surface area contributed by atoms with Gasteiger partial charge in [0, 0.05) is 32.7 Å². The van der Waals surface area contributed by atoms with Crippen molar-refractivity contribution in [2.75, 3.05) is 32.7 Å². The first kappa shape index (κ1) is 20.1. The van der Waals surface area contributed by atoms with E-state index in [4.69, 9.17) is 12.2 Å². The molecule has 0 spiro atoms. The fraction of sp³-hybridized carbons (Fsp3) is 0.611. The fourth-order valence-electron chi connectivity index (χ4n) is 2.83. The number of piperazine rings is 1. The van der Waals surface area contributed by atoms with Gasteiger partial charge in [-0.05, 0) is 48.7 Å². The lowest BCUT2D eigenvalue weighted by Crippen LogP contribution is -2.53. The topological polar surface area (TPSA) is 52.6 Å². The van der Waals surface area contributed by atoms with E-state index in [1.165, 1.54) is 5.56 Å². The fourth-order valence-corrected chi connectivity index (χ4v) is 4.54. The summed E-state index contributed by atoms with van der Waals surface area (Å²) in [6, 6.07) is 7.33. The maximum atomic E-state index is 12.8.